The minimum atomic E-state index is -0.0568. The second kappa shape index (κ2) is 7.17. The molecule has 0 amide bonds. The summed E-state index contributed by atoms with van der Waals surface area (Å²) in [5.74, 6) is 0. The summed E-state index contributed by atoms with van der Waals surface area (Å²) >= 11 is 12.6. The number of nitrogens with zero attached hydrogens (tertiary/aromatic N) is 1. The number of anilines is 1. The maximum absolute atomic E-state index is 6.32. The molecule has 1 unspecified atom stereocenters. The van der Waals surface area contributed by atoms with E-state index < -0.39 is 0 Å². The summed E-state index contributed by atoms with van der Waals surface area (Å²) in [6.45, 7) is 2.58. The molecular weight excluding hydrogens is 303 g/mol. The molecule has 0 aliphatic carbocycles. The van der Waals surface area contributed by atoms with Crippen molar-refractivity contribution in [2.24, 2.45) is 5.73 Å². The van der Waals surface area contributed by atoms with Gasteiger partial charge in [-0.3, -0.25) is 0 Å². The van der Waals surface area contributed by atoms with E-state index in [9.17, 15) is 0 Å². The third-order valence-electron chi connectivity index (χ3n) is 3.78. The van der Waals surface area contributed by atoms with E-state index in [4.69, 9.17) is 28.9 Å². The van der Waals surface area contributed by atoms with Gasteiger partial charge in [0, 0.05) is 34.9 Å². The lowest BCUT2D eigenvalue weighted by molar-refractivity contribution is 0.681. The van der Waals surface area contributed by atoms with Gasteiger partial charge in [-0.05, 0) is 36.2 Å². The van der Waals surface area contributed by atoms with Crippen molar-refractivity contribution in [3.05, 3.63) is 63.6 Å². The summed E-state index contributed by atoms with van der Waals surface area (Å²) in [4.78, 5) is 2.12. The highest BCUT2D eigenvalue weighted by atomic mass is 35.5. The van der Waals surface area contributed by atoms with E-state index in [1.807, 2.05) is 25.2 Å². The van der Waals surface area contributed by atoms with Crippen molar-refractivity contribution in [3.8, 4) is 0 Å². The second-order valence-electron chi connectivity index (χ2n) is 5.02. The van der Waals surface area contributed by atoms with Gasteiger partial charge in [0.25, 0.3) is 0 Å². The van der Waals surface area contributed by atoms with Crippen LogP contribution >= 0.6 is 23.2 Å². The van der Waals surface area contributed by atoms with E-state index in [2.05, 4.69) is 36.1 Å². The lowest BCUT2D eigenvalue weighted by Gasteiger charge is -2.31. The molecular formula is C17H20Cl2N2. The highest BCUT2D eigenvalue weighted by Crippen LogP contribution is 2.34. The third-order valence-corrected chi connectivity index (χ3v) is 4.43. The van der Waals surface area contributed by atoms with Crippen LogP contribution in [0.25, 0.3) is 0 Å². The fourth-order valence-electron chi connectivity index (χ4n) is 2.45. The lowest BCUT2D eigenvalue weighted by Crippen LogP contribution is -2.30. The monoisotopic (exact) mass is 322 g/mol. The highest BCUT2D eigenvalue weighted by Gasteiger charge is 2.21. The minimum Gasteiger partial charge on any atom is -0.366 e. The Labute approximate surface area is 136 Å². The van der Waals surface area contributed by atoms with Crippen molar-refractivity contribution >= 4 is 28.9 Å². The van der Waals surface area contributed by atoms with Gasteiger partial charge in [-0.25, -0.2) is 0 Å². The van der Waals surface area contributed by atoms with Crippen molar-refractivity contribution in [2.75, 3.05) is 18.5 Å². The Morgan fingerprint density at radius 2 is 1.62 bits per heavy atom. The maximum atomic E-state index is 6.32. The zero-order valence-corrected chi connectivity index (χ0v) is 13.8. The average molecular weight is 323 g/mol. The molecule has 4 heteroatoms. The number of likely N-dealkylation sites (N-methyl/N-ethyl adjacent to an activating group) is 1. The predicted octanol–water partition coefficient (Wildman–Crippen LogP) is 4.69. The van der Waals surface area contributed by atoms with Gasteiger partial charge >= 0.3 is 0 Å². The van der Waals surface area contributed by atoms with Gasteiger partial charge in [-0.1, -0.05) is 48.3 Å². The molecule has 0 saturated carbocycles. The molecule has 0 fully saturated rings. The summed E-state index contributed by atoms with van der Waals surface area (Å²) in [5.41, 5.74) is 9.27. The molecule has 0 radical (unpaired) electrons. The van der Waals surface area contributed by atoms with Crippen molar-refractivity contribution in [2.45, 2.75) is 19.4 Å². The molecule has 2 N–H and O–H groups in total. The van der Waals surface area contributed by atoms with Gasteiger partial charge in [0.1, 0.15) is 0 Å². The number of halogens is 2. The Kier molecular flexibility index (Phi) is 5.51. The molecule has 2 aromatic carbocycles. The SMILES string of the molecule is CCc1ccc(N(C)C(CN)c2c(Cl)cccc2Cl)cc1. The van der Waals surface area contributed by atoms with Crippen LogP contribution in [0.4, 0.5) is 5.69 Å². The minimum absolute atomic E-state index is 0.0568. The Morgan fingerprint density at radius 3 is 2.10 bits per heavy atom. The van der Waals surface area contributed by atoms with Gasteiger partial charge < -0.3 is 10.6 Å². The van der Waals surface area contributed by atoms with Crippen LogP contribution in [-0.4, -0.2) is 13.6 Å². The fraction of sp³-hybridized carbons (Fsp3) is 0.294. The summed E-state index contributed by atoms with van der Waals surface area (Å²) in [6.07, 6.45) is 1.03. The summed E-state index contributed by atoms with van der Waals surface area (Å²) < 4.78 is 0. The summed E-state index contributed by atoms with van der Waals surface area (Å²) in [5, 5.41) is 1.30. The molecule has 0 spiro atoms. The van der Waals surface area contributed by atoms with Crippen LogP contribution in [0.5, 0.6) is 0 Å². The molecule has 0 heterocycles. The molecule has 21 heavy (non-hydrogen) atoms. The van der Waals surface area contributed by atoms with Crippen LogP contribution in [-0.2, 0) is 6.42 Å². The topological polar surface area (TPSA) is 29.3 Å². The molecule has 0 aromatic heterocycles. The van der Waals surface area contributed by atoms with Crippen LogP contribution in [0.1, 0.15) is 24.1 Å². The molecule has 112 valence electrons. The average Bonchev–Trinajstić information content (AvgIpc) is 2.50. The molecule has 0 bridgehead atoms. The first kappa shape index (κ1) is 16.2. The molecule has 1 atom stereocenters. The van der Waals surface area contributed by atoms with Gasteiger partial charge in [0.05, 0.1) is 6.04 Å². The van der Waals surface area contributed by atoms with Crippen molar-refractivity contribution in [3.63, 3.8) is 0 Å². The smallest absolute Gasteiger partial charge is 0.0690 e. The number of benzene rings is 2. The normalized spacial score (nSPS) is 12.2. The van der Waals surface area contributed by atoms with E-state index in [1.54, 1.807) is 0 Å². The van der Waals surface area contributed by atoms with Crippen molar-refractivity contribution in [1.82, 2.24) is 0 Å². The second-order valence-corrected chi connectivity index (χ2v) is 5.83. The number of hydrogen-bond acceptors (Lipinski definition) is 2. The van der Waals surface area contributed by atoms with E-state index in [-0.39, 0.29) is 6.04 Å². The number of nitrogens with two attached hydrogens (primary N) is 1. The van der Waals surface area contributed by atoms with Crippen molar-refractivity contribution < 1.29 is 0 Å². The number of hydrogen-bond donors (Lipinski definition) is 1. The zero-order valence-electron chi connectivity index (χ0n) is 12.3. The van der Waals surface area contributed by atoms with Gasteiger partial charge in [-0.15, -0.1) is 0 Å². The van der Waals surface area contributed by atoms with E-state index >= 15 is 0 Å². The Bertz CT molecular complexity index is 576. The quantitative estimate of drug-likeness (QED) is 0.865. The van der Waals surface area contributed by atoms with Gasteiger partial charge in [0.2, 0.25) is 0 Å². The van der Waals surface area contributed by atoms with E-state index in [0.717, 1.165) is 17.7 Å². The predicted molar refractivity (Wildman–Crippen MR) is 92.5 cm³/mol. The largest absolute Gasteiger partial charge is 0.366 e. The molecule has 2 nitrogen and oxygen atoms in total. The Balaban J connectivity index is 2.35. The van der Waals surface area contributed by atoms with E-state index in [0.29, 0.717) is 16.6 Å². The van der Waals surface area contributed by atoms with Crippen LogP contribution in [0.2, 0.25) is 10.0 Å². The lowest BCUT2D eigenvalue weighted by atomic mass is 10.0. The van der Waals surface area contributed by atoms with Crippen LogP contribution in [0.3, 0.4) is 0 Å². The fourth-order valence-corrected chi connectivity index (χ4v) is 3.09. The molecule has 0 saturated heterocycles. The van der Waals surface area contributed by atoms with Crippen LogP contribution in [0, 0.1) is 0 Å². The molecule has 2 rings (SSSR count). The Morgan fingerprint density at radius 1 is 1.05 bits per heavy atom. The van der Waals surface area contributed by atoms with E-state index in [1.165, 1.54) is 5.56 Å². The van der Waals surface area contributed by atoms with Crippen LogP contribution in [0.15, 0.2) is 42.5 Å². The Hall–Kier alpha value is -1.22. The standard InChI is InChI=1S/C17H20Cl2N2/c1-3-12-7-9-13(10-8-12)21(2)16(11-20)17-14(18)5-4-6-15(17)19/h4-10,16H,3,11,20H2,1-2H3. The van der Waals surface area contributed by atoms with Gasteiger partial charge in [0.15, 0.2) is 0 Å². The first-order valence-electron chi connectivity index (χ1n) is 7.04. The zero-order chi connectivity index (χ0) is 15.4. The van der Waals surface area contributed by atoms with Crippen LogP contribution < -0.4 is 10.6 Å². The molecule has 0 aliphatic heterocycles. The summed E-state index contributed by atoms with van der Waals surface area (Å²) in [6, 6.07) is 14.0. The van der Waals surface area contributed by atoms with Gasteiger partial charge in [-0.2, -0.15) is 0 Å². The molecule has 0 aliphatic rings. The first-order chi connectivity index (χ1) is 10.1. The maximum Gasteiger partial charge on any atom is 0.0690 e. The first-order valence-corrected chi connectivity index (χ1v) is 7.79. The third kappa shape index (κ3) is 3.52. The highest BCUT2D eigenvalue weighted by molar-refractivity contribution is 6.36. The number of aryl methyl sites for hydroxylation is 1. The van der Waals surface area contributed by atoms with Crippen molar-refractivity contribution in [1.29, 1.82) is 0 Å². The number of rotatable bonds is 5. The molecule has 2 aromatic rings. The summed E-state index contributed by atoms with van der Waals surface area (Å²) in [7, 11) is 2.01.